The van der Waals surface area contributed by atoms with Gasteiger partial charge in [-0.05, 0) is 38.5 Å². The van der Waals surface area contributed by atoms with Crippen molar-refractivity contribution in [3.05, 3.63) is 29.5 Å². The van der Waals surface area contributed by atoms with E-state index in [1.165, 1.54) is 12.3 Å². The molecule has 148 valence electrons. The number of ether oxygens (including phenoxy) is 2. The first-order chi connectivity index (χ1) is 12.7. The highest BCUT2D eigenvalue weighted by Gasteiger charge is 2.15. The van der Waals surface area contributed by atoms with Gasteiger partial charge in [0.05, 0.1) is 18.8 Å². The van der Waals surface area contributed by atoms with Crippen molar-refractivity contribution in [1.29, 1.82) is 0 Å². The molecule has 1 aromatic rings. The number of carbonyl (C=O) groups is 2. The summed E-state index contributed by atoms with van der Waals surface area (Å²) in [6.07, 6.45) is 4.35. The van der Waals surface area contributed by atoms with E-state index < -0.39 is 11.6 Å². The van der Waals surface area contributed by atoms with E-state index >= 15 is 0 Å². The fourth-order valence-corrected chi connectivity index (χ4v) is 2.51. The van der Waals surface area contributed by atoms with Crippen molar-refractivity contribution < 1.29 is 19.1 Å². The van der Waals surface area contributed by atoms with E-state index in [4.69, 9.17) is 15.2 Å². The van der Waals surface area contributed by atoms with Gasteiger partial charge in [-0.2, -0.15) is 0 Å². The number of hydrogen-bond donors (Lipinski definition) is 2. The van der Waals surface area contributed by atoms with Crippen LogP contribution >= 0.6 is 0 Å². The van der Waals surface area contributed by atoms with Crippen molar-refractivity contribution in [3.63, 3.8) is 0 Å². The maximum Gasteiger partial charge on any atom is 0.331 e. The monoisotopic (exact) mass is 376 g/mol. The van der Waals surface area contributed by atoms with Gasteiger partial charge in [-0.25, -0.2) is 9.78 Å². The second-order valence-corrected chi connectivity index (χ2v) is 7.28. The van der Waals surface area contributed by atoms with Crippen molar-refractivity contribution in [2.24, 2.45) is 0 Å². The average molecular weight is 376 g/mol. The van der Waals surface area contributed by atoms with Gasteiger partial charge in [0.25, 0.3) is 5.91 Å². The second kappa shape index (κ2) is 9.48. The maximum atomic E-state index is 12.4. The summed E-state index contributed by atoms with van der Waals surface area (Å²) in [5.41, 5.74) is 6.14. The Labute approximate surface area is 159 Å². The standard InChI is InChI=1S/C19H28N4O4/c1-19(2,3)27-16(24)5-4-14-12-15(17(20)22-13-14)18(25)21-6-7-23-8-10-26-11-9-23/h4-5,12-13H,6-11H2,1-3H3,(H2,20,22)(H,21,25). The number of hydrogen-bond acceptors (Lipinski definition) is 7. The lowest BCUT2D eigenvalue weighted by molar-refractivity contribution is -0.148. The third-order valence-electron chi connectivity index (χ3n) is 3.82. The van der Waals surface area contributed by atoms with Crippen molar-refractivity contribution in [2.75, 3.05) is 45.1 Å². The van der Waals surface area contributed by atoms with Crippen molar-refractivity contribution in [1.82, 2.24) is 15.2 Å². The Balaban J connectivity index is 1.92. The fraction of sp³-hybridized carbons (Fsp3) is 0.526. The van der Waals surface area contributed by atoms with Crippen LogP contribution in [-0.4, -0.2) is 66.8 Å². The van der Waals surface area contributed by atoms with Crippen LogP contribution in [0, 0.1) is 0 Å². The number of aromatic nitrogens is 1. The lowest BCUT2D eigenvalue weighted by Crippen LogP contribution is -2.41. The Morgan fingerprint density at radius 2 is 2.07 bits per heavy atom. The topological polar surface area (TPSA) is 107 Å². The summed E-state index contributed by atoms with van der Waals surface area (Å²) in [7, 11) is 0. The predicted octanol–water partition coefficient (Wildman–Crippen LogP) is 1.08. The fourth-order valence-electron chi connectivity index (χ4n) is 2.51. The molecule has 8 nitrogen and oxygen atoms in total. The van der Waals surface area contributed by atoms with Crippen LogP contribution in [0.1, 0.15) is 36.7 Å². The molecule has 27 heavy (non-hydrogen) atoms. The summed E-state index contributed by atoms with van der Waals surface area (Å²) >= 11 is 0. The molecule has 0 saturated carbocycles. The minimum absolute atomic E-state index is 0.147. The first-order valence-corrected chi connectivity index (χ1v) is 8.99. The highest BCUT2D eigenvalue weighted by Crippen LogP contribution is 2.13. The Hall–Kier alpha value is -2.45. The van der Waals surface area contributed by atoms with Crippen LogP contribution in [0.25, 0.3) is 6.08 Å². The molecule has 1 aliphatic rings. The quantitative estimate of drug-likeness (QED) is 0.565. The summed E-state index contributed by atoms with van der Waals surface area (Å²) in [6, 6.07) is 1.60. The molecule has 0 bridgehead atoms. The molecule has 0 aliphatic carbocycles. The maximum absolute atomic E-state index is 12.4. The number of anilines is 1. The molecule has 0 atom stereocenters. The molecule has 1 amide bonds. The third-order valence-corrected chi connectivity index (χ3v) is 3.82. The third kappa shape index (κ3) is 7.36. The van der Waals surface area contributed by atoms with E-state index in [1.54, 1.807) is 32.9 Å². The molecule has 0 unspecified atom stereocenters. The van der Waals surface area contributed by atoms with E-state index in [9.17, 15) is 9.59 Å². The molecule has 2 rings (SSSR count). The van der Waals surface area contributed by atoms with Gasteiger partial charge in [0.1, 0.15) is 11.4 Å². The van der Waals surface area contributed by atoms with Crippen molar-refractivity contribution in [2.45, 2.75) is 26.4 Å². The van der Waals surface area contributed by atoms with E-state index in [0.717, 1.165) is 32.8 Å². The minimum Gasteiger partial charge on any atom is -0.457 e. The number of carbonyl (C=O) groups excluding carboxylic acids is 2. The summed E-state index contributed by atoms with van der Waals surface area (Å²) < 4.78 is 10.5. The summed E-state index contributed by atoms with van der Waals surface area (Å²) in [6.45, 7) is 9.81. The SMILES string of the molecule is CC(C)(C)OC(=O)C=Cc1cnc(N)c(C(=O)NCCN2CCOCC2)c1. The van der Waals surface area contributed by atoms with Gasteiger partial charge < -0.3 is 20.5 Å². The van der Waals surface area contributed by atoms with Gasteiger partial charge in [-0.1, -0.05) is 0 Å². The van der Waals surface area contributed by atoms with Crippen LogP contribution in [0.2, 0.25) is 0 Å². The van der Waals surface area contributed by atoms with Gasteiger partial charge in [-0.15, -0.1) is 0 Å². The van der Waals surface area contributed by atoms with Crippen LogP contribution < -0.4 is 11.1 Å². The molecule has 1 aromatic heterocycles. The molecule has 1 saturated heterocycles. The lowest BCUT2D eigenvalue weighted by Gasteiger charge is -2.26. The Morgan fingerprint density at radius 1 is 1.37 bits per heavy atom. The van der Waals surface area contributed by atoms with Crippen molar-refractivity contribution in [3.8, 4) is 0 Å². The summed E-state index contributed by atoms with van der Waals surface area (Å²) in [5.74, 6) is -0.607. The van der Waals surface area contributed by atoms with Crippen LogP contribution in [-0.2, 0) is 14.3 Å². The molecule has 8 heteroatoms. The molecule has 2 heterocycles. The van der Waals surface area contributed by atoms with Gasteiger partial charge in [0, 0.05) is 38.5 Å². The number of nitrogens with zero attached hydrogens (tertiary/aromatic N) is 2. The number of esters is 1. The van der Waals surface area contributed by atoms with Gasteiger partial charge >= 0.3 is 5.97 Å². The van der Waals surface area contributed by atoms with Gasteiger partial charge in [-0.3, -0.25) is 9.69 Å². The number of nitrogen functional groups attached to an aromatic ring is 1. The normalized spacial score (nSPS) is 15.7. The molecule has 0 spiro atoms. The molecule has 1 aliphatic heterocycles. The Bertz CT molecular complexity index is 691. The zero-order chi connectivity index (χ0) is 19.9. The Morgan fingerprint density at radius 3 is 2.74 bits per heavy atom. The number of nitrogens with two attached hydrogens (primary N) is 1. The van der Waals surface area contributed by atoms with E-state index in [-0.39, 0.29) is 17.3 Å². The molecule has 0 radical (unpaired) electrons. The minimum atomic E-state index is -0.563. The highest BCUT2D eigenvalue weighted by atomic mass is 16.6. The molecule has 0 aromatic carbocycles. The zero-order valence-corrected chi connectivity index (χ0v) is 16.2. The Kier molecular flexibility index (Phi) is 7.32. The van der Waals surface area contributed by atoms with Crippen molar-refractivity contribution >= 4 is 23.8 Å². The first kappa shape index (κ1) is 20.9. The van der Waals surface area contributed by atoms with Crippen LogP contribution in [0.15, 0.2) is 18.3 Å². The summed E-state index contributed by atoms with van der Waals surface area (Å²) in [5, 5.41) is 2.85. The van der Waals surface area contributed by atoms with E-state index in [2.05, 4.69) is 15.2 Å². The zero-order valence-electron chi connectivity index (χ0n) is 16.2. The largest absolute Gasteiger partial charge is 0.457 e. The van der Waals surface area contributed by atoms with Gasteiger partial charge in [0.15, 0.2) is 0 Å². The first-order valence-electron chi connectivity index (χ1n) is 8.99. The number of amides is 1. The molecular formula is C19H28N4O4. The molecule has 3 N–H and O–H groups in total. The van der Waals surface area contributed by atoms with E-state index in [1.807, 2.05) is 0 Å². The van der Waals surface area contributed by atoms with Crippen LogP contribution in [0.4, 0.5) is 5.82 Å². The van der Waals surface area contributed by atoms with E-state index in [0.29, 0.717) is 12.1 Å². The predicted molar refractivity (Wildman–Crippen MR) is 103 cm³/mol. The van der Waals surface area contributed by atoms with Gasteiger partial charge in [0.2, 0.25) is 0 Å². The van der Waals surface area contributed by atoms with Crippen LogP contribution in [0.3, 0.4) is 0 Å². The molecule has 1 fully saturated rings. The highest BCUT2D eigenvalue weighted by molar-refractivity contribution is 5.99. The smallest absolute Gasteiger partial charge is 0.331 e. The number of pyridine rings is 1. The number of rotatable bonds is 6. The number of morpholine rings is 1. The number of nitrogens with one attached hydrogen (secondary N) is 1. The molecular weight excluding hydrogens is 348 g/mol. The average Bonchev–Trinajstić information content (AvgIpc) is 2.60. The summed E-state index contributed by atoms with van der Waals surface area (Å²) in [4.78, 5) is 30.4. The lowest BCUT2D eigenvalue weighted by atomic mass is 10.1. The second-order valence-electron chi connectivity index (χ2n) is 7.28. The van der Waals surface area contributed by atoms with Crippen LogP contribution in [0.5, 0.6) is 0 Å².